The fraction of sp³-hybridized carbons (Fsp3) is 0.412. The van der Waals surface area contributed by atoms with Crippen LogP contribution in [0.3, 0.4) is 0 Å². The molecular formula is C17H21NS. The largest absolute Gasteiger partial charge is 0.390 e. The molecular weight excluding hydrogens is 250 g/mol. The van der Waals surface area contributed by atoms with Crippen LogP contribution in [-0.2, 0) is 12.8 Å². The minimum Gasteiger partial charge on any atom is -0.390 e. The molecule has 2 heteroatoms. The van der Waals surface area contributed by atoms with Gasteiger partial charge in [0, 0.05) is 10.4 Å². The number of thiophene rings is 1. The molecule has 3 rings (SSSR count). The van der Waals surface area contributed by atoms with Crippen molar-refractivity contribution in [1.29, 1.82) is 0 Å². The zero-order chi connectivity index (χ0) is 13.4. The van der Waals surface area contributed by atoms with Crippen molar-refractivity contribution in [2.45, 2.75) is 45.4 Å². The molecule has 2 N–H and O–H groups in total. The molecule has 1 heterocycles. The van der Waals surface area contributed by atoms with Gasteiger partial charge in [-0.05, 0) is 48.3 Å². The third kappa shape index (κ3) is 2.18. The van der Waals surface area contributed by atoms with Crippen LogP contribution in [0.5, 0.6) is 0 Å². The van der Waals surface area contributed by atoms with E-state index in [-0.39, 0.29) is 0 Å². The molecule has 1 nitrogen and oxygen atoms in total. The standard InChI is InChI=1S/C17H21NS/c1-3-11(2)12-7-9-13(10-8-12)16-14-5-4-6-15(14)19-17(16)18/h7-11H,3-6,18H2,1-2H3. The summed E-state index contributed by atoms with van der Waals surface area (Å²) in [4.78, 5) is 1.51. The lowest BCUT2D eigenvalue weighted by atomic mass is 9.95. The first-order valence-corrected chi connectivity index (χ1v) is 8.02. The second-order valence-electron chi connectivity index (χ2n) is 5.53. The Balaban J connectivity index is 1.99. The van der Waals surface area contributed by atoms with Crippen molar-refractivity contribution in [3.63, 3.8) is 0 Å². The molecule has 1 aliphatic carbocycles. The van der Waals surface area contributed by atoms with E-state index in [1.165, 1.54) is 52.8 Å². The van der Waals surface area contributed by atoms with E-state index in [1.54, 1.807) is 11.3 Å². The number of aryl methyl sites for hydroxylation is 1. The number of hydrogen-bond acceptors (Lipinski definition) is 2. The summed E-state index contributed by atoms with van der Waals surface area (Å²) in [5.41, 5.74) is 11.8. The van der Waals surface area contributed by atoms with Gasteiger partial charge in [0.2, 0.25) is 0 Å². The zero-order valence-corrected chi connectivity index (χ0v) is 12.5. The Kier molecular flexibility index (Phi) is 3.36. The first-order valence-electron chi connectivity index (χ1n) is 7.21. The lowest BCUT2D eigenvalue weighted by Crippen LogP contribution is -1.92. The Bertz CT molecular complexity index is 580. The van der Waals surface area contributed by atoms with Crippen molar-refractivity contribution >= 4 is 16.3 Å². The molecule has 1 atom stereocenters. The maximum atomic E-state index is 6.23. The van der Waals surface area contributed by atoms with Gasteiger partial charge in [-0.3, -0.25) is 0 Å². The average molecular weight is 271 g/mol. The molecule has 0 aliphatic heterocycles. The molecule has 0 amide bonds. The van der Waals surface area contributed by atoms with Gasteiger partial charge in [0.1, 0.15) is 0 Å². The number of anilines is 1. The lowest BCUT2D eigenvalue weighted by molar-refractivity contribution is 0.734. The molecule has 0 saturated carbocycles. The van der Waals surface area contributed by atoms with E-state index >= 15 is 0 Å². The zero-order valence-electron chi connectivity index (χ0n) is 11.7. The summed E-state index contributed by atoms with van der Waals surface area (Å²) in [5.74, 6) is 0.639. The highest BCUT2D eigenvalue weighted by molar-refractivity contribution is 7.16. The van der Waals surface area contributed by atoms with Crippen LogP contribution >= 0.6 is 11.3 Å². The van der Waals surface area contributed by atoms with Crippen molar-refractivity contribution in [3.8, 4) is 11.1 Å². The summed E-state index contributed by atoms with van der Waals surface area (Å²) in [6, 6.07) is 9.03. The summed E-state index contributed by atoms with van der Waals surface area (Å²) >= 11 is 1.79. The quantitative estimate of drug-likeness (QED) is 0.835. The van der Waals surface area contributed by atoms with E-state index in [9.17, 15) is 0 Å². The van der Waals surface area contributed by atoms with E-state index in [4.69, 9.17) is 5.73 Å². The molecule has 1 aromatic heterocycles. The lowest BCUT2D eigenvalue weighted by Gasteiger charge is -2.10. The van der Waals surface area contributed by atoms with Gasteiger partial charge in [-0.1, -0.05) is 38.1 Å². The molecule has 19 heavy (non-hydrogen) atoms. The summed E-state index contributed by atoms with van der Waals surface area (Å²) in [6.07, 6.45) is 4.90. The van der Waals surface area contributed by atoms with Crippen molar-refractivity contribution in [2.24, 2.45) is 0 Å². The molecule has 1 aromatic carbocycles. The van der Waals surface area contributed by atoms with Crippen LogP contribution in [0, 0.1) is 0 Å². The van der Waals surface area contributed by atoms with Crippen LogP contribution in [0.2, 0.25) is 0 Å². The van der Waals surface area contributed by atoms with Crippen LogP contribution in [0.1, 0.15) is 48.6 Å². The van der Waals surface area contributed by atoms with Crippen molar-refractivity contribution in [3.05, 3.63) is 40.3 Å². The predicted molar refractivity (Wildman–Crippen MR) is 84.9 cm³/mol. The topological polar surface area (TPSA) is 26.0 Å². The number of hydrogen-bond donors (Lipinski definition) is 1. The van der Waals surface area contributed by atoms with E-state index in [0.29, 0.717) is 5.92 Å². The second kappa shape index (κ2) is 5.01. The van der Waals surface area contributed by atoms with Crippen molar-refractivity contribution < 1.29 is 0 Å². The first-order chi connectivity index (χ1) is 9.20. The molecule has 2 aromatic rings. The van der Waals surface area contributed by atoms with Crippen LogP contribution in [-0.4, -0.2) is 0 Å². The molecule has 0 radical (unpaired) electrons. The predicted octanol–water partition coefficient (Wildman–Crippen LogP) is 5.00. The maximum Gasteiger partial charge on any atom is 0.0941 e. The molecule has 1 unspecified atom stereocenters. The molecule has 100 valence electrons. The molecule has 0 fully saturated rings. The van der Waals surface area contributed by atoms with Gasteiger partial charge < -0.3 is 5.73 Å². The summed E-state index contributed by atoms with van der Waals surface area (Å²) < 4.78 is 0. The molecule has 1 aliphatic rings. The first kappa shape index (κ1) is 12.7. The summed E-state index contributed by atoms with van der Waals surface area (Å²) in [6.45, 7) is 4.52. The van der Waals surface area contributed by atoms with E-state index in [2.05, 4.69) is 38.1 Å². The highest BCUT2D eigenvalue weighted by atomic mass is 32.1. The number of rotatable bonds is 3. The minimum atomic E-state index is 0.639. The second-order valence-corrected chi connectivity index (χ2v) is 6.66. The maximum absolute atomic E-state index is 6.23. The Labute approximate surface area is 119 Å². The SMILES string of the molecule is CCC(C)c1ccc(-c2c(N)sc3c2CCC3)cc1. The van der Waals surface area contributed by atoms with Crippen molar-refractivity contribution in [1.82, 2.24) is 0 Å². The Morgan fingerprint density at radius 3 is 2.63 bits per heavy atom. The van der Waals surface area contributed by atoms with Gasteiger partial charge in [-0.2, -0.15) is 0 Å². The average Bonchev–Trinajstić information content (AvgIpc) is 2.98. The van der Waals surface area contributed by atoms with Crippen LogP contribution in [0.4, 0.5) is 5.00 Å². The highest BCUT2D eigenvalue weighted by Crippen LogP contribution is 2.43. The number of fused-ring (bicyclic) bond motifs is 1. The van der Waals surface area contributed by atoms with E-state index in [0.717, 1.165) is 5.00 Å². The van der Waals surface area contributed by atoms with Gasteiger partial charge >= 0.3 is 0 Å². The molecule has 0 spiro atoms. The van der Waals surface area contributed by atoms with Crippen LogP contribution < -0.4 is 5.73 Å². The van der Waals surface area contributed by atoms with Gasteiger partial charge in [-0.15, -0.1) is 11.3 Å². The number of benzene rings is 1. The van der Waals surface area contributed by atoms with Gasteiger partial charge in [0.25, 0.3) is 0 Å². The van der Waals surface area contributed by atoms with E-state index in [1.807, 2.05) is 0 Å². The third-order valence-electron chi connectivity index (χ3n) is 4.33. The summed E-state index contributed by atoms with van der Waals surface area (Å²) in [5, 5.41) is 1.00. The van der Waals surface area contributed by atoms with Crippen molar-refractivity contribution in [2.75, 3.05) is 5.73 Å². The molecule has 0 bridgehead atoms. The van der Waals surface area contributed by atoms with Gasteiger partial charge in [0.15, 0.2) is 0 Å². The minimum absolute atomic E-state index is 0.639. The Morgan fingerprint density at radius 2 is 1.95 bits per heavy atom. The van der Waals surface area contributed by atoms with E-state index < -0.39 is 0 Å². The fourth-order valence-corrected chi connectivity index (χ4v) is 4.14. The van der Waals surface area contributed by atoms with Gasteiger partial charge in [0.05, 0.1) is 5.00 Å². The number of nitrogens with two attached hydrogens (primary N) is 1. The Morgan fingerprint density at radius 1 is 1.21 bits per heavy atom. The molecule has 0 saturated heterocycles. The third-order valence-corrected chi connectivity index (χ3v) is 5.45. The number of nitrogen functional groups attached to an aromatic ring is 1. The van der Waals surface area contributed by atoms with Gasteiger partial charge in [-0.25, -0.2) is 0 Å². The van der Waals surface area contributed by atoms with Crippen LogP contribution in [0.15, 0.2) is 24.3 Å². The Hall–Kier alpha value is -1.28. The monoisotopic (exact) mass is 271 g/mol. The fourth-order valence-electron chi connectivity index (χ4n) is 2.96. The van der Waals surface area contributed by atoms with Crippen LogP contribution in [0.25, 0.3) is 11.1 Å². The smallest absolute Gasteiger partial charge is 0.0941 e. The highest BCUT2D eigenvalue weighted by Gasteiger charge is 2.21. The normalized spacial score (nSPS) is 15.5. The summed E-state index contributed by atoms with van der Waals surface area (Å²) in [7, 11) is 0.